The van der Waals surface area contributed by atoms with Gasteiger partial charge in [-0.25, -0.2) is 39.9 Å². The summed E-state index contributed by atoms with van der Waals surface area (Å²) in [5.41, 5.74) is 20.0. The van der Waals surface area contributed by atoms with Crippen LogP contribution in [0.2, 0.25) is 0 Å². The van der Waals surface area contributed by atoms with E-state index in [1.165, 1.54) is 0 Å². The third-order valence-electron chi connectivity index (χ3n) is 18.5. The molecule has 8 aromatic heterocycles. The van der Waals surface area contributed by atoms with Crippen molar-refractivity contribution in [1.82, 2.24) is 66.9 Å². The van der Waals surface area contributed by atoms with Crippen molar-refractivity contribution in [3.8, 4) is 91.1 Å². The monoisotopic (exact) mass is 1230 g/mol. The first kappa shape index (κ1) is 53.2. The van der Waals surface area contributed by atoms with Gasteiger partial charge in [0.1, 0.15) is 5.65 Å². The lowest BCUT2D eigenvalue weighted by Gasteiger charge is -2.16. The van der Waals surface area contributed by atoms with Crippen LogP contribution in [-0.2, 0) is 0 Å². The smallest absolute Gasteiger partial charge is 0.220 e. The predicted octanol–water partition coefficient (Wildman–Crippen LogP) is 18.6. The molecule has 8 heterocycles. The lowest BCUT2D eigenvalue weighted by atomic mass is 10.1. The molecule has 14 nitrogen and oxygen atoms in total. The molecule has 0 aliphatic carbocycles. The van der Waals surface area contributed by atoms with Crippen LogP contribution in [0.1, 0.15) is 0 Å². The Morgan fingerprint density at radius 1 is 0.198 bits per heavy atom. The van der Waals surface area contributed by atoms with Gasteiger partial charge in [-0.1, -0.05) is 182 Å². The van der Waals surface area contributed by atoms with Crippen LogP contribution >= 0.6 is 0 Å². The van der Waals surface area contributed by atoms with E-state index in [2.05, 4.69) is 197 Å². The number of hydrogen-bond donors (Lipinski definition) is 0. The summed E-state index contributed by atoms with van der Waals surface area (Å²) in [6.45, 7) is 0. The zero-order chi connectivity index (χ0) is 63.0. The summed E-state index contributed by atoms with van der Waals surface area (Å²) in [6, 6.07) is 105. The average molecular weight is 1230 g/mol. The number of imidazole rings is 4. The van der Waals surface area contributed by atoms with Gasteiger partial charge in [0, 0.05) is 60.9 Å². The van der Waals surface area contributed by atoms with Gasteiger partial charge in [-0.3, -0.25) is 27.1 Å². The molecule has 0 atom stereocenters. The first-order valence-corrected chi connectivity index (χ1v) is 31.9. The zero-order valence-electron chi connectivity index (χ0n) is 51.1. The highest BCUT2D eigenvalue weighted by molar-refractivity contribution is 6.23. The van der Waals surface area contributed by atoms with Crippen LogP contribution < -0.4 is 0 Å². The van der Waals surface area contributed by atoms with Crippen molar-refractivity contribution >= 4 is 88.5 Å². The Kier molecular flexibility index (Phi) is 11.7. The van der Waals surface area contributed by atoms with E-state index in [0.717, 1.165) is 145 Å². The SMILES string of the molecule is c1ccc(-c2nc(-c3ccccc3)nc(-c3ccc4c(c3)c3c5cc(-c6nc(-c7ccccc7)nc(-c7ccccc7)n6)ccc5n(-c5cccc(-n6c7ccccc7n7c8ccccc8nc67)c5)c3n4-c3cccc(-n4c5ccccc5n5c6ccccc6nc45)c3)n2)cc1. The number of rotatable bonds is 10. The topological polar surface area (TPSA) is 132 Å². The standard InChI is InChI=1S/C82H50N14/c1-5-23-51(24-6-1)74-85-75(52-25-7-2-8-26-52)88-78(87-74)55-43-45-65-61(47-55)73-62-48-56(79-89-76(53-27-9-3-10-28-53)86-77(90-79)54-29-11-4-12-30-54)44-46-66(62)92(58-32-22-34-60(50-58)94-70-40-18-20-42-72(70)96-68-38-16-14-36-64(68)84-82(94)96)80(73)91(65)57-31-21-33-59(49-57)93-69-39-17-19-41-71(69)95-67-37-15-13-35-63(67)83-81(93)95/h1-50H. The van der Waals surface area contributed by atoms with Crippen LogP contribution in [0.5, 0.6) is 0 Å². The number of hydrogen-bond acceptors (Lipinski definition) is 8. The first-order valence-electron chi connectivity index (χ1n) is 31.9. The van der Waals surface area contributed by atoms with E-state index in [0.29, 0.717) is 34.9 Å². The van der Waals surface area contributed by atoms with Gasteiger partial charge in [-0.05, 0) is 121 Å². The molecule has 20 rings (SSSR count). The molecule has 0 fully saturated rings. The summed E-state index contributed by atoms with van der Waals surface area (Å²) < 4.78 is 13.9. The Morgan fingerprint density at radius 2 is 0.500 bits per heavy atom. The molecule has 96 heavy (non-hydrogen) atoms. The summed E-state index contributed by atoms with van der Waals surface area (Å²) in [5.74, 6) is 5.05. The Hall–Kier alpha value is -13.5. The van der Waals surface area contributed by atoms with Crippen molar-refractivity contribution in [3.63, 3.8) is 0 Å². The van der Waals surface area contributed by atoms with E-state index in [9.17, 15) is 0 Å². The third-order valence-corrected chi connectivity index (χ3v) is 18.5. The second-order valence-electron chi connectivity index (χ2n) is 24.1. The second-order valence-corrected chi connectivity index (χ2v) is 24.1. The number of para-hydroxylation sites is 8. The minimum atomic E-state index is 0.546. The van der Waals surface area contributed by atoms with Crippen molar-refractivity contribution in [2.24, 2.45) is 0 Å². The lowest BCUT2D eigenvalue weighted by Crippen LogP contribution is -2.04. The normalized spacial score (nSPS) is 12.0. The Morgan fingerprint density at radius 3 is 0.865 bits per heavy atom. The van der Waals surface area contributed by atoms with Gasteiger partial charge in [-0.2, -0.15) is 0 Å². The van der Waals surface area contributed by atoms with Gasteiger partial charge in [0.2, 0.25) is 11.6 Å². The van der Waals surface area contributed by atoms with Gasteiger partial charge in [0.15, 0.2) is 34.9 Å². The van der Waals surface area contributed by atoms with E-state index in [1.807, 2.05) is 133 Å². The Bertz CT molecular complexity index is 6010. The maximum absolute atomic E-state index is 5.33. The average Bonchev–Trinajstić information content (AvgIpc) is 1.55. The number of nitrogens with zero attached hydrogens (tertiary/aromatic N) is 14. The molecule has 0 unspecified atom stereocenters. The lowest BCUT2D eigenvalue weighted by molar-refractivity contribution is 1.05. The minimum absolute atomic E-state index is 0.546. The predicted molar refractivity (Wildman–Crippen MR) is 383 cm³/mol. The third kappa shape index (κ3) is 8.25. The fourth-order valence-corrected chi connectivity index (χ4v) is 14.2. The molecular formula is C82H50N14. The summed E-state index contributed by atoms with van der Waals surface area (Å²) in [7, 11) is 0. The summed E-state index contributed by atoms with van der Waals surface area (Å²) >= 11 is 0. The van der Waals surface area contributed by atoms with E-state index in [-0.39, 0.29) is 0 Å². The van der Waals surface area contributed by atoms with Gasteiger partial charge in [0.05, 0.1) is 66.5 Å². The van der Waals surface area contributed by atoms with E-state index >= 15 is 0 Å². The molecule has 0 radical (unpaired) electrons. The van der Waals surface area contributed by atoms with Crippen LogP contribution in [0.3, 0.4) is 0 Å². The van der Waals surface area contributed by atoms with Gasteiger partial charge < -0.3 is 0 Å². The van der Waals surface area contributed by atoms with Crippen molar-refractivity contribution < 1.29 is 0 Å². The molecule has 0 saturated heterocycles. The largest absolute Gasteiger partial charge is 0.295 e. The fraction of sp³-hybridized carbons (Fsp3) is 0. The van der Waals surface area contributed by atoms with E-state index in [1.54, 1.807) is 0 Å². The molecule has 0 amide bonds. The van der Waals surface area contributed by atoms with Gasteiger partial charge >= 0.3 is 0 Å². The Labute approximate surface area is 546 Å². The molecule has 20 aromatic rings. The molecule has 12 aromatic carbocycles. The minimum Gasteiger partial charge on any atom is -0.295 e. The van der Waals surface area contributed by atoms with Crippen LogP contribution in [0, 0.1) is 0 Å². The first-order chi connectivity index (χ1) is 47.6. The Balaban J connectivity index is 0.898. The molecule has 14 heteroatoms. The molecule has 0 spiro atoms. The maximum atomic E-state index is 5.33. The number of fused-ring (bicyclic) bond motifs is 15. The summed E-state index contributed by atoms with van der Waals surface area (Å²) in [6.07, 6.45) is 0. The van der Waals surface area contributed by atoms with Gasteiger partial charge in [0.25, 0.3) is 0 Å². The van der Waals surface area contributed by atoms with Crippen molar-refractivity contribution in [3.05, 3.63) is 303 Å². The van der Waals surface area contributed by atoms with Crippen LogP contribution in [0.25, 0.3) is 180 Å². The van der Waals surface area contributed by atoms with Crippen LogP contribution in [0.4, 0.5) is 0 Å². The fourth-order valence-electron chi connectivity index (χ4n) is 14.2. The highest BCUT2D eigenvalue weighted by Crippen LogP contribution is 2.45. The molecule has 0 aliphatic rings. The molecule has 0 aliphatic heterocycles. The number of benzene rings is 12. The van der Waals surface area contributed by atoms with Crippen LogP contribution in [0.15, 0.2) is 303 Å². The van der Waals surface area contributed by atoms with Crippen molar-refractivity contribution in [2.75, 3.05) is 0 Å². The van der Waals surface area contributed by atoms with Gasteiger partial charge in [-0.15, -0.1) is 0 Å². The molecule has 0 saturated carbocycles. The molecule has 0 bridgehead atoms. The highest BCUT2D eigenvalue weighted by Gasteiger charge is 2.27. The number of aromatic nitrogens is 14. The summed E-state index contributed by atoms with van der Waals surface area (Å²) in [5, 5.41) is 2.96. The van der Waals surface area contributed by atoms with E-state index in [4.69, 9.17) is 39.9 Å². The van der Waals surface area contributed by atoms with Crippen molar-refractivity contribution in [2.45, 2.75) is 0 Å². The highest BCUT2D eigenvalue weighted by atomic mass is 15.2. The molecule has 0 N–H and O–H groups in total. The molecule has 448 valence electrons. The zero-order valence-corrected chi connectivity index (χ0v) is 51.1. The second kappa shape index (κ2) is 21.0. The van der Waals surface area contributed by atoms with Crippen molar-refractivity contribution in [1.29, 1.82) is 0 Å². The quantitative estimate of drug-likeness (QED) is 0.132. The summed E-state index contributed by atoms with van der Waals surface area (Å²) in [4.78, 5) is 42.1. The van der Waals surface area contributed by atoms with Crippen LogP contribution in [-0.4, -0.2) is 66.9 Å². The van der Waals surface area contributed by atoms with E-state index < -0.39 is 0 Å². The molecular weight excluding hydrogens is 1180 g/mol. The maximum Gasteiger partial charge on any atom is 0.220 e.